The largest absolute Gasteiger partial charge is 0.478 e. The molecule has 0 heterocycles. The summed E-state index contributed by atoms with van der Waals surface area (Å²) in [5.41, 5.74) is 0.422. The number of benzene rings is 2. The average molecular weight is 395 g/mol. The molecule has 0 aliphatic heterocycles. The van der Waals surface area contributed by atoms with E-state index >= 15 is 0 Å². The molecule has 0 atom stereocenters. The number of rotatable bonds is 5. The van der Waals surface area contributed by atoms with Gasteiger partial charge in [-0.25, -0.2) is 4.79 Å². The van der Waals surface area contributed by atoms with Crippen LogP contribution in [0.15, 0.2) is 42.5 Å². The Morgan fingerprint density at radius 2 is 1.85 bits per heavy atom. The zero-order valence-electron chi connectivity index (χ0n) is 13.3. The Morgan fingerprint density at radius 3 is 2.42 bits per heavy atom. The smallest absolute Gasteiger partial charge is 0.337 e. The van der Waals surface area contributed by atoms with Crippen molar-refractivity contribution in [3.8, 4) is 0 Å². The van der Waals surface area contributed by atoms with Gasteiger partial charge in [0.05, 0.1) is 26.2 Å². The predicted octanol–water partition coefficient (Wildman–Crippen LogP) is 4.64. The summed E-state index contributed by atoms with van der Waals surface area (Å²) in [6.07, 6.45) is 1.23. The first-order chi connectivity index (χ1) is 12.2. The van der Waals surface area contributed by atoms with E-state index in [4.69, 9.17) is 28.3 Å². The van der Waals surface area contributed by atoms with E-state index in [0.717, 1.165) is 18.2 Å². The predicted molar refractivity (Wildman–Crippen MR) is 98.8 cm³/mol. The van der Waals surface area contributed by atoms with Gasteiger partial charge in [0.2, 0.25) is 5.91 Å². The topological polar surface area (TPSA) is 110 Å². The summed E-state index contributed by atoms with van der Waals surface area (Å²) in [4.78, 5) is 33.6. The van der Waals surface area contributed by atoms with Crippen LogP contribution in [-0.4, -0.2) is 21.9 Å². The van der Waals surface area contributed by atoms with E-state index in [9.17, 15) is 19.7 Å². The van der Waals surface area contributed by atoms with E-state index in [2.05, 4.69) is 5.32 Å². The van der Waals surface area contributed by atoms with Gasteiger partial charge in [-0.1, -0.05) is 29.3 Å². The first-order valence-corrected chi connectivity index (χ1v) is 7.91. The highest BCUT2D eigenvalue weighted by Gasteiger charge is 2.17. The summed E-state index contributed by atoms with van der Waals surface area (Å²) >= 11 is 11.8. The number of carboxylic acid groups (broad SMARTS) is 1. The van der Waals surface area contributed by atoms with Crippen molar-refractivity contribution in [3.05, 3.63) is 73.8 Å². The molecule has 0 fully saturated rings. The number of hydrogen-bond donors (Lipinski definition) is 2. The van der Waals surface area contributed by atoms with E-state index in [1.54, 1.807) is 25.1 Å². The first kappa shape index (κ1) is 19.4. The number of carboxylic acids is 1. The number of nitro groups is 1. The number of nitrogens with one attached hydrogen (secondary N) is 1. The molecule has 0 aromatic heterocycles. The number of allylic oxidation sites excluding steroid dienone is 1. The van der Waals surface area contributed by atoms with Crippen LogP contribution in [0.5, 0.6) is 0 Å². The monoisotopic (exact) mass is 394 g/mol. The van der Waals surface area contributed by atoms with Crippen molar-refractivity contribution in [2.24, 2.45) is 0 Å². The number of non-ortho nitro benzene ring substituents is 1. The summed E-state index contributed by atoms with van der Waals surface area (Å²) in [6, 6.07) is 7.94. The third-order valence-corrected chi connectivity index (χ3v) is 4.16. The molecule has 2 aromatic carbocycles. The van der Waals surface area contributed by atoms with Crippen molar-refractivity contribution in [3.63, 3.8) is 0 Å². The Labute approximate surface area is 158 Å². The molecular weight excluding hydrogens is 383 g/mol. The van der Waals surface area contributed by atoms with E-state index in [1.807, 2.05) is 0 Å². The molecule has 0 aliphatic carbocycles. The number of amides is 1. The molecule has 7 nitrogen and oxygen atoms in total. The molecule has 2 N–H and O–H groups in total. The molecule has 2 rings (SSSR count). The normalized spacial score (nSPS) is 11.1. The quantitative estimate of drug-likeness (QED) is 0.435. The number of halogens is 2. The molecule has 0 aliphatic rings. The summed E-state index contributed by atoms with van der Waals surface area (Å²) in [6.45, 7) is 1.66. The molecule has 0 saturated heterocycles. The number of carbonyl (C=O) groups excluding carboxylic acids is 1. The highest BCUT2D eigenvalue weighted by atomic mass is 35.5. The summed E-state index contributed by atoms with van der Waals surface area (Å²) in [5.74, 6) is -1.96. The van der Waals surface area contributed by atoms with Crippen LogP contribution >= 0.6 is 23.2 Å². The van der Waals surface area contributed by atoms with Crippen LogP contribution in [0.2, 0.25) is 10.0 Å². The summed E-state index contributed by atoms with van der Waals surface area (Å²) in [7, 11) is 0. The van der Waals surface area contributed by atoms with E-state index in [1.165, 1.54) is 6.08 Å². The van der Waals surface area contributed by atoms with Crippen molar-refractivity contribution in [2.75, 3.05) is 5.32 Å². The molecule has 2 aromatic rings. The molecular formula is C17H12Cl2N2O5. The van der Waals surface area contributed by atoms with Crippen LogP contribution < -0.4 is 5.32 Å². The van der Waals surface area contributed by atoms with Gasteiger partial charge in [0.25, 0.3) is 5.69 Å². The molecule has 0 unspecified atom stereocenters. The number of nitro benzene ring substituents is 1. The lowest BCUT2D eigenvalue weighted by atomic mass is 10.1. The SMILES string of the molecule is CC(=CC(=O)Nc1cc([N+](=O)[O-])ccc1C(=O)O)c1ccc(Cl)c(Cl)c1. The van der Waals surface area contributed by atoms with Gasteiger partial charge in [0, 0.05) is 18.2 Å². The van der Waals surface area contributed by atoms with E-state index < -0.39 is 16.8 Å². The average Bonchev–Trinajstić information content (AvgIpc) is 2.56. The van der Waals surface area contributed by atoms with Crippen LogP contribution in [0, 0.1) is 10.1 Å². The van der Waals surface area contributed by atoms with Gasteiger partial charge < -0.3 is 10.4 Å². The van der Waals surface area contributed by atoms with Crippen molar-refractivity contribution in [2.45, 2.75) is 6.92 Å². The maximum atomic E-state index is 12.2. The Morgan fingerprint density at radius 1 is 1.15 bits per heavy atom. The third-order valence-electron chi connectivity index (χ3n) is 3.42. The Balaban J connectivity index is 2.31. The zero-order valence-corrected chi connectivity index (χ0v) is 14.8. The minimum absolute atomic E-state index is 0.171. The lowest BCUT2D eigenvalue weighted by Crippen LogP contribution is -2.13. The molecule has 0 bridgehead atoms. The van der Waals surface area contributed by atoms with Gasteiger partial charge >= 0.3 is 5.97 Å². The van der Waals surface area contributed by atoms with Crippen LogP contribution in [0.1, 0.15) is 22.8 Å². The number of aromatic carboxylic acids is 1. The van der Waals surface area contributed by atoms with Crippen LogP contribution in [-0.2, 0) is 4.79 Å². The Hall–Kier alpha value is -2.90. The second-order valence-electron chi connectivity index (χ2n) is 5.24. The van der Waals surface area contributed by atoms with Gasteiger partial charge in [0.1, 0.15) is 0 Å². The molecule has 0 radical (unpaired) electrons. The number of anilines is 1. The van der Waals surface area contributed by atoms with Gasteiger partial charge in [-0.15, -0.1) is 0 Å². The highest BCUT2D eigenvalue weighted by molar-refractivity contribution is 6.42. The second kappa shape index (κ2) is 7.99. The van der Waals surface area contributed by atoms with Crippen molar-refractivity contribution in [1.29, 1.82) is 0 Å². The van der Waals surface area contributed by atoms with Gasteiger partial charge in [-0.2, -0.15) is 0 Å². The maximum Gasteiger partial charge on any atom is 0.337 e. The number of nitrogens with zero attached hydrogens (tertiary/aromatic N) is 1. The van der Waals surface area contributed by atoms with Crippen molar-refractivity contribution in [1.82, 2.24) is 0 Å². The van der Waals surface area contributed by atoms with Crippen molar-refractivity contribution < 1.29 is 19.6 Å². The molecule has 9 heteroatoms. The Kier molecular flexibility index (Phi) is 5.97. The Bertz CT molecular complexity index is 941. The van der Waals surface area contributed by atoms with E-state index in [0.29, 0.717) is 21.2 Å². The fraction of sp³-hybridized carbons (Fsp3) is 0.0588. The van der Waals surface area contributed by atoms with Gasteiger partial charge in [-0.3, -0.25) is 14.9 Å². The summed E-state index contributed by atoms with van der Waals surface area (Å²) < 4.78 is 0. The fourth-order valence-corrected chi connectivity index (χ4v) is 2.42. The first-order valence-electron chi connectivity index (χ1n) is 7.15. The van der Waals surface area contributed by atoms with Crippen LogP contribution in [0.3, 0.4) is 0 Å². The lowest BCUT2D eigenvalue weighted by molar-refractivity contribution is -0.384. The van der Waals surface area contributed by atoms with Crippen LogP contribution in [0.4, 0.5) is 11.4 Å². The molecule has 26 heavy (non-hydrogen) atoms. The van der Waals surface area contributed by atoms with E-state index in [-0.39, 0.29) is 16.9 Å². The molecule has 0 spiro atoms. The third kappa shape index (κ3) is 4.59. The lowest BCUT2D eigenvalue weighted by Gasteiger charge is -2.08. The summed E-state index contributed by atoms with van der Waals surface area (Å²) in [5, 5.41) is 23.1. The zero-order chi connectivity index (χ0) is 19.4. The maximum absolute atomic E-state index is 12.2. The highest BCUT2D eigenvalue weighted by Crippen LogP contribution is 2.26. The number of hydrogen-bond acceptors (Lipinski definition) is 4. The minimum Gasteiger partial charge on any atom is -0.478 e. The van der Waals surface area contributed by atoms with Crippen LogP contribution in [0.25, 0.3) is 5.57 Å². The fourth-order valence-electron chi connectivity index (χ4n) is 2.13. The van der Waals surface area contributed by atoms with Gasteiger partial charge in [-0.05, 0) is 36.3 Å². The standard InChI is InChI=1S/C17H12Cl2N2O5/c1-9(10-2-5-13(18)14(19)7-10)6-16(22)20-15-8-11(21(25)26)3-4-12(15)17(23)24/h2-8H,1H3,(H,20,22)(H,23,24). The molecule has 0 saturated carbocycles. The molecule has 1 amide bonds. The second-order valence-corrected chi connectivity index (χ2v) is 6.05. The molecule has 134 valence electrons. The van der Waals surface area contributed by atoms with Crippen molar-refractivity contribution >= 4 is 52.0 Å². The number of carbonyl (C=O) groups is 2. The minimum atomic E-state index is -1.32. The van der Waals surface area contributed by atoms with Gasteiger partial charge in [0.15, 0.2) is 0 Å².